The van der Waals surface area contributed by atoms with Gasteiger partial charge in [0.1, 0.15) is 12.4 Å². The molecule has 0 aliphatic carbocycles. The van der Waals surface area contributed by atoms with Crippen molar-refractivity contribution in [2.24, 2.45) is 11.8 Å². The summed E-state index contributed by atoms with van der Waals surface area (Å²) in [6.45, 7) is 9.10. The molecule has 1 atom stereocenters. The van der Waals surface area contributed by atoms with Gasteiger partial charge in [-0.2, -0.15) is 0 Å². The van der Waals surface area contributed by atoms with Crippen LogP contribution in [0, 0.1) is 11.8 Å². The molecule has 0 aromatic rings. The van der Waals surface area contributed by atoms with Gasteiger partial charge in [-0.1, -0.05) is 13.8 Å². The summed E-state index contributed by atoms with van der Waals surface area (Å²) in [4.78, 5) is 5.02. The van der Waals surface area contributed by atoms with Crippen molar-refractivity contribution in [3.8, 4) is 0 Å². The standard InChI is InChI=1S/C17H24N2O/c1-12(2)15-11-20-17-10-19(8-5-14(15)17)16-9-18-6-3-13(16)4-7-18/h5,8,10,12-13,16H,3-4,6-7,9,11H2,1-2H3/t16-/m0/s1. The van der Waals surface area contributed by atoms with Crippen molar-refractivity contribution < 1.29 is 4.74 Å². The third-order valence-electron chi connectivity index (χ3n) is 5.38. The van der Waals surface area contributed by atoms with E-state index in [-0.39, 0.29) is 0 Å². The van der Waals surface area contributed by atoms with Crippen LogP contribution in [0.3, 0.4) is 0 Å². The Morgan fingerprint density at radius 3 is 2.70 bits per heavy atom. The second kappa shape index (κ2) is 4.66. The maximum absolute atomic E-state index is 5.91. The van der Waals surface area contributed by atoms with Crippen LogP contribution in [0.25, 0.3) is 0 Å². The molecule has 3 heteroatoms. The maximum atomic E-state index is 5.91. The summed E-state index contributed by atoms with van der Waals surface area (Å²) in [6.07, 6.45) is 9.52. The Kier molecular flexibility index (Phi) is 2.92. The first kappa shape index (κ1) is 12.5. The molecule has 0 N–H and O–H groups in total. The Hall–Kier alpha value is -1.22. The van der Waals surface area contributed by atoms with E-state index >= 15 is 0 Å². The van der Waals surface area contributed by atoms with Crippen molar-refractivity contribution >= 4 is 0 Å². The third-order valence-corrected chi connectivity index (χ3v) is 5.38. The van der Waals surface area contributed by atoms with Crippen LogP contribution in [0.15, 0.2) is 35.4 Å². The van der Waals surface area contributed by atoms with Crippen LogP contribution in [-0.4, -0.2) is 42.1 Å². The molecular weight excluding hydrogens is 248 g/mol. The molecule has 5 rings (SSSR count). The summed E-state index contributed by atoms with van der Waals surface area (Å²) in [7, 11) is 0. The van der Waals surface area contributed by atoms with E-state index < -0.39 is 0 Å². The van der Waals surface area contributed by atoms with Gasteiger partial charge in [0.05, 0.1) is 0 Å². The minimum atomic E-state index is 0.573. The van der Waals surface area contributed by atoms with E-state index in [9.17, 15) is 0 Å². The second-order valence-electron chi connectivity index (χ2n) is 6.84. The predicted molar refractivity (Wildman–Crippen MR) is 79.8 cm³/mol. The molecule has 0 unspecified atom stereocenters. The first-order valence-electron chi connectivity index (χ1n) is 7.98. The zero-order valence-electron chi connectivity index (χ0n) is 12.5. The quantitative estimate of drug-likeness (QED) is 0.769. The monoisotopic (exact) mass is 272 g/mol. The van der Waals surface area contributed by atoms with Gasteiger partial charge in [0.2, 0.25) is 0 Å². The van der Waals surface area contributed by atoms with Gasteiger partial charge in [-0.3, -0.25) is 0 Å². The van der Waals surface area contributed by atoms with Crippen molar-refractivity contribution in [2.75, 3.05) is 26.2 Å². The Balaban J connectivity index is 1.58. The average Bonchev–Trinajstić information content (AvgIpc) is 2.91. The number of hydrogen-bond acceptors (Lipinski definition) is 3. The van der Waals surface area contributed by atoms with Crippen molar-refractivity contribution in [3.05, 3.63) is 35.4 Å². The Bertz CT molecular complexity index is 495. The van der Waals surface area contributed by atoms with Gasteiger partial charge < -0.3 is 14.5 Å². The molecular formula is C17H24N2O. The number of fused-ring (bicyclic) bond motifs is 4. The predicted octanol–water partition coefficient (Wildman–Crippen LogP) is 2.73. The summed E-state index contributed by atoms with van der Waals surface area (Å²) < 4.78 is 5.91. The molecule has 0 amide bonds. The van der Waals surface area contributed by atoms with Crippen molar-refractivity contribution in [2.45, 2.75) is 32.7 Å². The fraction of sp³-hybridized carbons (Fsp3) is 0.647. The van der Waals surface area contributed by atoms with Crippen molar-refractivity contribution in [3.63, 3.8) is 0 Å². The van der Waals surface area contributed by atoms with E-state index in [1.54, 1.807) is 0 Å². The zero-order valence-corrected chi connectivity index (χ0v) is 12.5. The maximum Gasteiger partial charge on any atom is 0.143 e. The molecule has 0 aromatic heterocycles. The van der Waals surface area contributed by atoms with Gasteiger partial charge in [0.15, 0.2) is 0 Å². The highest BCUT2D eigenvalue weighted by molar-refractivity contribution is 5.47. The Morgan fingerprint density at radius 1 is 1.25 bits per heavy atom. The first-order chi connectivity index (χ1) is 9.72. The van der Waals surface area contributed by atoms with E-state index in [0.717, 1.165) is 18.3 Å². The summed E-state index contributed by atoms with van der Waals surface area (Å²) >= 11 is 0. The molecule has 108 valence electrons. The molecule has 0 radical (unpaired) electrons. The number of rotatable bonds is 2. The normalized spacial score (nSPS) is 35.5. The SMILES string of the molecule is CC(C)C1=C2C=CN([C@H]3CN4CCC3CC4)C=C2OC1. The van der Waals surface area contributed by atoms with Gasteiger partial charge in [-0.15, -0.1) is 0 Å². The van der Waals surface area contributed by atoms with Crippen LogP contribution in [0.2, 0.25) is 0 Å². The van der Waals surface area contributed by atoms with E-state index in [0.29, 0.717) is 12.0 Å². The first-order valence-corrected chi connectivity index (χ1v) is 7.98. The number of allylic oxidation sites excluding steroid dienone is 1. The minimum absolute atomic E-state index is 0.573. The smallest absolute Gasteiger partial charge is 0.143 e. The Labute approximate surface area is 121 Å². The van der Waals surface area contributed by atoms with Crippen LogP contribution in [0.5, 0.6) is 0 Å². The molecule has 5 aliphatic heterocycles. The van der Waals surface area contributed by atoms with Crippen LogP contribution in [0.1, 0.15) is 26.7 Å². The molecule has 2 bridgehead atoms. The molecule has 3 fully saturated rings. The fourth-order valence-corrected chi connectivity index (χ4v) is 4.06. The summed E-state index contributed by atoms with van der Waals surface area (Å²) in [5, 5.41) is 0. The van der Waals surface area contributed by atoms with Gasteiger partial charge in [-0.25, -0.2) is 0 Å². The van der Waals surface area contributed by atoms with Gasteiger partial charge >= 0.3 is 0 Å². The number of ether oxygens (including phenoxy) is 1. The Morgan fingerprint density at radius 2 is 2.05 bits per heavy atom. The van der Waals surface area contributed by atoms with Crippen molar-refractivity contribution in [1.82, 2.24) is 9.80 Å². The molecule has 20 heavy (non-hydrogen) atoms. The van der Waals surface area contributed by atoms with Crippen LogP contribution < -0.4 is 0 Å². The fourth-order valence-electron chi connectivity index (χ4n) is 4.06. The van der Waals surface area contributed by atoms with Crippen LogP contribution >= 0.6 is 0 Å². The number of hydrogen-bond donors (Lipinski definition) is 0. The molecule has 3 nitrogen and oxygen atoms in total. The van der Waals surface area contributed by atoms with E-state index in [2.05, 4.69) is 42.1 Å². The molecule has 5 heterocycles. The lowest BCUT2D eigenvalue weighted by molar-refractivity contribution is 0.0399. The topological polar surface area (TPSA) is 15.7 Å². The molecule has 0 saturated carbocycles. The highest BCUT2D eigenvalue weighted by atomic mass is 16.5. The van der Waals surface area contributed by atoms with Gasteiger partial charge in [-0.05, 0) is 49.4 Å². The zero-order chi connectivity index (χ0) is 13.7. The van der Waals surface area contributed by atoms with Gasteiger partial charge in [0.25, 0.3) is 0 Å². The number of nitrogens with zero attached hydrogens (tertiary/aromatic N) is 2. The van der Waals surface area contributed by atoms with E-state index in [1.807, 2.05) is 0 Å². The molecule has 0 aromatic carbocycles. The average molecular weight is 272 g/mol. The number of piperidine rings is 3. The van der Waals surface area contributed by atoms with Gasteiger partial charge in [0, 0.05) is 30.6 Å². The highest BCUT2D eigenvalue weighted by Crippen LogP contribution is 2.37. The van der Waals surface area contributed by atoms with Crippen LogP contribution in [0.4, 0.5) is 0 Å². The van der Waals surface area contributed by atoms with Crippen LogP contribution in [-0.2, 0) is 4.74 Å². The lowest BCUT2D eigenvalue weighted by Gasteiger charge is -2.48. The lowest BCUT2D eigenvalue weighted by atomic mass is 9.83. The highest BCUT2D eigenvalue weighted by Gasteiger charge is 2.37. The molecule has 0 spiro atoms. The molecule has 3 saturated heterocycles. The second-order valence-corrected chi connectivity index (χ2v) is 6.84. The third kappa shape index (κ3) is 1.91. The minimum Gasteiger partial charge on any atom is -0.487 e. The van der Waals surface area contributed by atoms with Crippen molar-refractivity contribution in [1.29, 1.82) is 0 Å². The lowest BCUT2D eigenvalue weighted by Crippen LogP contribution is -2.55. The largest absolute Gasteiger partial charge is 0.487 e. The summed E-state index contributed by atoms with van der Waals surface area (Å²) in [5.41, 5.74) is 2.78. The molecule has 5 aliphatic rings. The van der Waals surface area contributed by atoms with E-state index in [1.165, 1.54) is 43.6 Å². The van der Waals surface area contributed by atoms with E-state index in [4.69, 9.17) is 4.74 Å². The summed E-state index contributed by atoms with van der Waals surface area (Å²) in [6, 6.07) is 0.648. The summed E-state index contributed by atoms with van der Waals surface area (Å²) in [5.74, 6) is 2.52.